The number of benzene rings is 1. The maximum Gasteiger partial charge on any atom is 0.345 e. The van der Waals surface area contributed by atoms with Gasteiger partial charge in [0.15, 0.2) is 0 Å². The van der Waals surface area contributed by atoms with Crippen LogP contribution in [0.2, 0.25) is 0 Å². The van der Waals surface area contributed by atoms with Crippen molar-refractivity contribution >= 4 is 11.7 Å². The first-order chi connectivity index (χ1) is 7.90. The standard InChI is InChI=1S/C11H12FNO4/c1-4-17-11(14)8-5-6(2)9(12)7(3)10(8)13(15)16/h5H,4H2,1-3H3. The molecule has 92 valence electrons. The molecule has 0 saturated carbocycles. The van der Waals surface area contributed by atoms with Gasteiger partial charge >= 0.3 is 5.97 Å². The number of carbonyl (C=O) groups excluding carboxylic acids is 1. The molecular formula is C11H12FNO4. The fraction of sp³-hybridized carbons (Fsp3) is 0.364. The Morgan fingerprint density at radius 3 is 2.59 bits per heavy atom. The molecule has 1 aromatic rings. The van der Waals surface area contributed by atoms with Gasteiger partial charge in [-0.2, -0.15) is 0 Å². The van der Waals surface area contributed by atoms with E-state index in [9.17, 15) is 19.3 Å². The largest absolute Gasteiger partial charge is 0.462 e. The molecule has 0 saturated heterocycles. The molecule has 0 aliphatic heterocycles. The molecule has 5 nitrogen and oxygen atoms in total. The zero-order valence-electron chi connectivity index (χ0n) is 9.74. The molecule has 1 rings (SSSR count). The second kappa shape index (κ2) is 4.90. The fourth-order valence-corrected chi connectivity index (χ4v) is 1.55. The van der Waals surface area contributed by atoms with Crippen LogP contribution in [0.25, 0.3) is 0 Å². The molecule has 0 aromatic heterocycles. The summed E-state index contributed by atoms with van der Waals surface area (Å²) >= 11 is 0. The first kappa shape index (κ1) is 13.1. The summed E-state index contributed by atoms with van der Waals surface area (Å²) < 4.78 is 18.2. The summed E-state index contributed by atoms with van der Waals surface area (Å²) in [4.78, 5) is 21.6. The Hall–Kier alpha value is -1.98. The van der Waals surface area contributed by atoms with Crippen molar-refractivity contribution in [2.45, 2.75) is 20.8 Å². The molecule has 0 spiro atoms. The zero-order valence-corrected chi connectivity index (χ0v) is 9.74. The third kappa shape index (κ3) is 2.41. The highest BCUT2D eigenvalue weighted by atomic mass is 19.1. The van der Waals surface area contributed by atoms with Gasteiger partial charge in [-0.1, -0.05) is 0 Å². The first-order valence-electron chi connectivity index (χ1n) is 5.01. The number of nitro groups is 1. The summed E-state index contributed by atoms with van der Waals surface area (Å²) in [6.45, 7) is 4.40. The van der Waals surface area contributed by atoms with Crippen molar-refractivity contribution in [3.8, 4) is 0 Å². The van der Waals surface area contributed by atoms with Crippen LogP contribution in [0, 0.1) is 29.8 Å². The van der Waals surface area contributed by atoms with E-state index in [2.05, 4.69) is 0 Å². The van der Waals surface area contributed by atoms with Crippen molar-refractivity contribution in [1.82, 2.24) is 0 Å². The molecule has 0 unspecified atom stereocenters. The lowest BCUT2D eigenvalue weighted by Gasteiger charge is -2.08. The van der Waals surface area contributed by atoms with E-state index in [1.165, 1.54) is 13.8 Å². The van der Waals surface area contributed by atoms with Gasteiger partial charge < -0.3 is 4.74 Å². The average Bonchev–Trinajstić information content (AvgIpc) is 2.25. The summed E-state index contributed by atoms with van der Waals surface area (Å²) in [5.41, 5.74) is -0.728. The van der Waals surface area contributed by atoms with Crippen molar-refractivity contribution in [2.75, 3.05) is 6.61 Å². The summed E-state index contributed by atoms with van der Waals surface area (Å²) in [5, 5.41) is 10.8. The van der Waals surface area contributed by atoms with Crippen LogP contribution in [0.3, 0.4) is 0 Å². The highest BCUT2D eigenvalue weighted by Crippen LogP contribution is 2.28. The van der Waals surface area contributed by atoms with Gasteiger partial charge in [-0.25, -0.2) is 9.18 Å². The van der Waals surface area contributed by atoms with Crippen molar-refractivity contribution in [3.63, 3.8) is 0 Å². The zero-order chi connectivity index (χ0) is 13.2. The minimum Gasteiger partial charge on any atom is -0.462 e. The first-order valence-corrected chi connectivity index (χ1v) is 5.01. The Bertz CT molecular complexity index is 485. The number of rotatable bonds is 3. The average molecular weight is 241 g/mol. The van der Waals surface area contributed by atoms with Crippen LogP contribution < -0.4 is 0 Å². The maximum absolute atomic E-state index is 13.5. The molecule has 0 N–H and O–H groups in total. The number of hydrogen-bond acceptors (Lipinski definition) is 4. The van der Waals surface area contributed by atoms with Crippen molar-refractivity contribution in [1.29, 1.82) is 0 Å². The number of aryl methyl sites for hydroxylation is 1. The van der Waals surface area contributed by atoms with E-state index in [4.69, 9.17) is 4.74 Å². The van der Waals surface area contributed by atoms with Gasteiger partial charge in [0.05, 0.1) is 17.1 Å². The Labute approximate surface area is 97.3 Å². The lowest BCUT2D eigenvalue weighted by molar-refractivity contribution is -0.385. The maximum atomic E-state index is 13.5. The summed E-state index contributed by atoms with van der Waals surface area (Å²) in [7, 11) is 0. The molecule has 6 heteroatoms. The molecule has 0 aliphatic rings. The summed E-state index contributed by atoms with van der Waals surface area (Å²) in [5.74, 6) is -1.49. The molecule has 0 fully saturated rings. The van der Waals surface area contributed by atoms with Crippen molar-refractivity contribution in [3.05, 3.63) is 38.7 Å². The lowest BCUT2D eigenvalue weighted by Crippen LogP contribution is -2.11. The molecule has 0 amide bonds. The number of carbonyl (C=O) groups is 1. The molecule has 0 bridgehead atoms. The van der Waals surface area contributed by atoms with Gasteiger partial charge in [0.2, 0.25) is 0 Å². The topological polar surface area (TPSA) is 69.4 Å². The number of esters is 1. The van der Waals surface area contributed by atoms with Gasteiger partial charge in [-0.15, -0.1) is 0 Å². The fourth-order valence-electron chi connectivity index (χ4n) is 1.55. The molecule has 0 radical (unpaired) electrons. The number of nitrogens with zero attached hydrogens (tertiary/aromatic N) is 1. The summed E-state index contributed by atoms with van der Waals surface area (Å²) in [6, 6.07) is 1.14. The van der Waals surface area contributed by atoms with Crippen LogP contribution in [-0.2, 0) is 4.74 Å². The Morgan fingerprint density at radius 1 is 1.53 bits per heavy atom. The SMILES string of the molecule is CCOC(=O)c1cc(C)c(F)c(C)c1[N+](=O)[O-]. The van der Waals surface area contributed by atoms with Crippen LogP contribution >= 0.6 is 0 Å². The van der Waals surface area contributed by atoms with Gasteiger partial charge in [0, 0.05) is 0 Å². The van der Waals surface area contributed by atoms with Crippen LogP contribution in [0.1, 0.15) is 28.4 Å². The van der Waals surface area contributed by atoms with Gasteiger partial charge in [-0.05, 0) is 32.4 Å². The minimum absolute atomic E-state index is 0.103. The predicted molar refractivity (Wildman–Crippen MR) is 58.5 cm³/mol. The van der Waals surface area contributed by atoms with E-state index in [1.807, 2.05) is 0 Å². The number of ether oxygens (including phenoxy) is 1. The molecule has 0 aliphatic carbocycles. The van der Waals surface area contributed by atoms with Crippen molar-refractivity contribution in [2.24, 2.45) is 0 Å². The highest BCUT2D eigenvalue weighted by Gasteiger charge is 2.27. The van der Waals surface area contributed by atoms with E-state index in [0.29, 0.717) is 0 Å². The predicted octanol–water partition coefficient (Wildman–Crippen LogP) is 2.53. The van der Waals surface area contributed by atoms with Crippen LogP contribution in [-0.4, -0.2) is 17.5 Å². The molecule has 17 heavy (non-hydrogen) atoms. The van der Waals surface area contributed by atoms with E-state index in [0.717, 1.165) is 6.07 Å². The summed E-state index contributed by atoms with van der Waals surface area (Å²) in [6.07, 6.45) is 0. The minimum atomic E-state index is -0.814. The van der Waals surface area contributed by atoms with E-state index < -0.39 is 22.4 Å². The van der Waals surface area contributed by atoms with E-state index >= 15 is 0 Å². The van der Waals surface area contributed by atoms with E-state index in [-0.39, 0.29) is 23.3 Å². The third-order valence-corrected chi connectivity index (χ3v) is 2.32. The van der Waals surface area contributed by atoms with Crippen molar-refractivity contribution < 1.29 is 18.8 Å². The third-order valence-electron chi connectivity index (χ3n) is 2.32. The van der Waals surface area contributed by atoms with Gasteiger partial charge in [0.1, 0.15) is 11.4 Å². The quantitative estimate of drug-likeness (QED) is 0.463. The molecule has 1 aromatic carbocycles. The second-order valence-electron chi connectivity index (χ2n) is 3.51. The van der Waals surface area contributed by atoms with Crippen LogP contribution in [0.5, 0.6) is 0 Å². The monoisotopic (exact) mass is 241 g/mol. The Balaban J connectivity index is 3.48. The number of nitro benzene ring substituents is 1. The van der Waals surface area contributed by atoms with Crippen LogP contribution in [0.15, 0.2) is 6.07 Å². The van der Waals surface area contributed by atoms with Gasteiger partial charge in [0.25, 0.3) is 5.69 Å². The second-order valence-corrected chi connectivity index (χ2v) is 3.51. The highest BCUT2D eigenvalue weighted by molar-refractivity contribution is 5.94. The Kier molecular flexibility index (Phi) is 3.77. The van der Waals surface area contributed by atoms with E-state index in [1.54, 1.807) is 6.92 Å². The normalized spacial score (nSPS) is 10.1. The smallest absolute Gasteiger partial charge is 0.345 e. The van der Waals surface area contributed by atoms with Gasteiger partial charge in [-0.3, -0.25) is 10.1 Å². The van der Waals surface area contributed by atoms with Crippen LogP contribution in [0.4, 0.5) is 10.1 Å². The lowest BCUT2D eigenvalue weighted by atomic mass is 10.0. The number of halogens is 1. The molecule has 0 heterocycles. The molecule has 0 atom stereocenters. The number of hydrogen-bond donors (Lipinski definition) is 0. The molecular weight excluding hydrogens is 229 g/mol. The Morgan fingerprint density at radius 2 is 2.12 bits per heavy atom.